The van der Waals surface area contributed by atoms with Gasteiger partial charge in [0.2, 0.25) is 0 Å². The first-order valence-corrected chi connectivity index (χ1v) is 4.99. The molecule has 1 aromatic carbocycles. The smallest absolute Gasteiger partial charge is 0.417 e. The summed E-state index contributed by atoms with van der Waals surface area (Å²) in [5.74, 6) is -0.193. The predicted octanol–water partition coefficient (Wildman–Crippen LogP) is 2.39. The van der Waals surface area contributed by atoms with E-state index in [9.17, 15) is 13.2 Å². The summed E-state index contributed by atoms with van der Waals surface area (Å²) >= 11 is 0. The van der Waals surface area contributed by atoms with E-state index in [4.69, 9.17) is 10.8 Å². The van der Waals surface area contributed by atoms with E-state index in [1.54, 1.807) is 0 Å². The van der Waals surface area contributed by atoms with Crippen molar-refractivity contribution in [2.24, 2.45) is 7.05 Å². The van der Waals surface area contributed by atoms with Crippen molar-refractivity contribution in [2.75, 3.05) is 5.73 Å². The maximum Gasteiger partial charge on any atom is 0.417 e. The average molecular weight is 257 g/mol. The molecule has 0 aliphatic heterocycles. The van der Waals surface area contributed by atoms with Crippen molar-refractivity contribution in [3.05, 3.63) is 29.8 Å². The second kappa shape index (κ2) is 3.94. The van der Waals surface area contributed by atoms with Gasteiger partial charge in [-0.15, -0.1) is 0 Å². The number of nitrogen functional groups attached to an aromatic ring is 1. The average Bonchev–Trinajstić information content (AvgIpc) is 2.57. The van der Waals surface area contributed by atoms with E-state index in [2.05, 4.69) is 5.10 Å². The molecule has 4 nitrogen and oxygen atoms in total. The number of halogens is 3. The Morgan fingerprint density at radius 1 is 1.28 bits per heavy atom. The van der Waals surface area contributed by atoms with Crippen LogP contribution in [-0.2, 0) is 13.2 Å². The lowest BCUT2D eigenvalue weighted by Crippen LogP contribution is -2.07. The van der Waals surface area contributed by atoms with Crippen molar-refractivity contribution >= 4 is 5.82 Å². The Morgan fingerprint density at radius 2 is 1.94 bits per heavy atom. The van der Waals surface area contributed by atoms with Crippen molar-refractivity contribution in [1.29, 1.82) is 0 Å². The number of hydrogen-bond acceptors (Lipinski definition) is 3. The van der Waals surface area contributed by atoms with Gasteiger partial charge in [-0.2, -0.15) is 18.3 Å². The number of nitrogens with zero attached hydrogens (tertiary/aromatic N) is 2. The third-order valence-corrected chi connectivity index (χ3v) is 2.50. The molecular formula is C11H10F3N3O. The molecule has 0 spiro atoms. The van der Waals surface area contributed by atoms with Gasteiger partial charge in [0.25, 0.3) is 0 Å². The second-order valence-electron chi connectivity index (χ2n) is 3.81. The lowest BCUT2D eigenvalue weighted by Gasteiger charge is -2.11. The fraction of sp³-hybridized carbons (Fsp3) is 0.182. The maximum absolute atomic E-state index is 12.8. The minimum atomic E-state index is -4.57. The first-order valence-electron chi connectivity index (χ1n) is 4.99. The summed E-state index contributed by atoms with van der Waals surface area (Å²) < 4.78 is 39.8. The van der Waals surface area contributed by atoms with Crippen LogP contribution in [0.1, 0.15) is 5.56 Å². The quantitative estimate of drug-likeness (QED) is 0.824. The summed E-state index contributed by atoms with van der Waals surface area (Å²) in [6, 6.07) is 4.36. The normalized spacial score (nSPS) is 11.8. The van der Waals surface area contributed by atoms with Gasteiger partial charge in [0.1, 0.15) is 11.6 Å². The highest BCUT2D eigenvalue weighted by Gasteiger charge is 2.34. The number of rotatable bonds is 1. The van der Waals surface area contributed by atoms with Crippen LogP contribution in [0.5, 0.6) is 5.75 Å². The first kappa shape index (κ1) is 12.3. The number of phenols is 1. The van der Waals surface area contributed by atoms with Gasteiger partial charge in [-0.05, 0) is 18.2 Å². The summed E-state index contributed by atoms with van der Waals surface area (Å²) in [5, 5.41) is 13.1. The molecule has 1 heterocycles. The molecule has 3 N–H and O–H groups in total. The van der Waals surface area contributed by atoms with Gasteiger partial charge >= 0.3 is 6.18 Å². The number of alkyl halides is 3. The molecule has 0 saturated carbocycles. The van der Waals surface area contributed by atoms with Gasteiger partial charge in [-0.3, -0.25) is 4.68 Å². The van der Waals surface area contributed by atoms with E-state index in [1.807, 2.05) is 0 Å². The molecule has 0 aliphatic rings. The van der Waals surface area contributed by atoms with Crippen LogP contribution in [0.4, 0.5) is 19.0 Å². The minimum Gasteiger partial charge on any atom is -0.508 e. The number of aromatic hydroxyl groups is 1. The summed E-state index contributed by atoms with van der Waals surface area (Å²) in [5.41, 5.74) is 4.59. The van der Waals surface area contributed by atoms with Gasteiger partial charge in [0.15, 0.2) is 0 Å². The van der Waals surface area contributed by atoms with Crippen LogP contribution in [0, 0.1) is 0 Å². The van der Waals surface area contributed by atoms with Crippen LogP contribution in [0.25, 0.3) is 11.3 Å². The molecule has 0 fully saturated rings. The van der Waals surface area contributed by atoms with E-state index >= 15 is 0 Å². The number of hydrogen-bond donors (Lipinski definition) is 2. The molecule has 1 aromatic heterocycles. The zero-order chi connectivity index (χ0) is 13.5. The molecular weight excluding hydrogens is 247 g/mol. The summed E-state index contributed by atoms with van der Waals surface area (Å²) in [6.45, 7) is 0. The number of aromatic nitrogens is 2. The maximum atomic E-state index is 12.8. The predicted molar refractivity (Wildman–Crippen MR) is 59.7 cm³/mol. The Kier molecular flexibility index (Phi) is 2.68. The SMILES string of the molecule is Cn1nc(-c2ccc(O)cc2C(F)(F)F)cc1N. The summed E-state index contributed by atoms with van der Waals surface area (Å²) in [7, 11) is 1.53. The van der Waals surface area contributed by atoms with Gasteiger partial charge in [0.05, 0.1) is 11.3 Å². The molecule has 0 aliphatic carbocycles. The van der Waals surface area contributed by atoms with E-state index in [0.717, 1.165) is 0 Å². The van der Waals surface area contributed by atoms with E-state index in [0.29, 0.717) is 6.07 Å². The molecule has 7 heteroatoms. The molecule has 0 unspecified atom stereocenters. The molecule has 0 bridgehead atoms. The minimum absolute atomic E-state index is 0.113. The largest absolute Gasteiger partial charge is 0.508 e. The highest BCUT2D eigenvalue weighted by atomic mass is 19.4. The van der Waals surface area contributed by atoms with Gasteiger partial charge in [-0.25, -0.2) is 0 Å². The molecule has 0 saturated heterocycles. The second-order valence-corrected chi connectivity index (χ2v) is 3.81. The summed E-state index contributed by atoms with van der Waals surface area (Å²) in [6.07, 6.45) is -4.57. The first-order chi connectivity index (χ1) is 8.29. The third kappa shape index (κ3) is 2.11. The Balaban J connectivity index is 2.64. The Hall–Kier alpha value is -2.18. The highest BCUT2D eigenvalue weighted by molar-refractivity contribution is 5.68. The molecule has 2 rings (SSSR count). The zero-order valence-corrected chi connectivity index (χ0v) is 9.36. The van der Waals surface area contributed by atoms with Gasteiger partial charge < -0.3 is 10.8 Å². The monoisotopic (exact) mass is 257 g/mol. The summed E-state index contributed by atoms with van der Waals surface area (Å²) in [4.78, 5) is 0. The number of benzene rings is 1. The third-order valence-electron chi connectivity index (χ3n) is 2.50. The molecule has 0 amide bonds. The lowest BCUT2D eigenvalue weighted by molar-refractivity contribution is -0.137. The van der Waals surface area contributed by atoms with Crippen molar-refractivity contribution in [3.8, 4) is 17.0 Å². The van der Waals surface area contributed by atoms with E-state index in [1.165, 1.54) is 29.9 Å². The fourth-order valence-corrected chi connectivity index (χ4v) is 1.60. The fourth-order valence-electron chi connectivity index (χ4n) is 1.60. The standard InChI is InChI=1S/C11H10F3N3O/c1-17-10(15)5-9(16-17)7-3-2-6(18)4-8(7)11(12,13)14/h2-5,18H,15H2,1H3. The van der Waals surface area contributed by atoms with E-state index in [-0.39, 0.29) is 17.1 Å². The van der Waals surface area contributed by atoms with Crippen LogP contribution in [0.15, 0.2) is 24.3 Å². The van der Waals surface area contributed by atoms with Crippen LogP contribution in [-0.4, -0.2) is 14.9 Å². The Morgan fingerprint density at radius 3 is 2.44 bits per heavy atom. The number of anilines is 1. The van der Waals surface area contributed by atoms with Gasteiger partial charge in [-0.1, -0.05) is 0 Å². The number of phenolic OH excluding ortho intramolecular Hbond substituents is 1. The number of nitrogens with two attached hydrogens (primary N) is 1. The van der Waals surface area contributed by atoms with Crippen LogP contribution in [0.2, 0.25) is 0 Å². The number of aryl methyl sites for hydroxylation is 1. The molecule has 2 aromatic rings. The van der Waals surface area contributed by atoms with Crippen molar-refractivity contribution in [3.63, 3.8) is 0 Å². The van der Waals surface area contributed by atoms with Crippen LogP contribution >= 0.6 is 0 Å². The zero-order valence-electron chi connectivity index (χ0n) is 9.36. The Labute approximate surface area is 100 Å². The highest BCUT2D eigenvalue weighted by Crippen LogP contribution is 2.38. The van der Waals surface area contributed by atoms with Crippen molar-refractivity contribution < 1.29 is 18.3 Å². The van der Waals surface area contributed by atoms with E-state index < -0.39 is 17.5 Å². The molecule has 0 radical (unpaired) electrons. The molecule has 0 atom stereocenters. The molecule has 96 valence electrons. The van der Waals surface area contributed by atoms with Crippen LogP contribution in [0.3, 0.4) is 0 Å². The topological polar surface area (TPSA) is 64.1 Å². The Bertz CT molecular complexity index is 570. The van der Waals surface area contributed by atoms with Crippen molar-refractivity contribution in [1.82, 2.24) is 9.78 Å². The lowest BCUT2D eigenvalue weighted by atomic mass is 10.0. The van der Waals surface area contributed by atoms with Crippen molar-refractivity contribution in [2.45, 2.75) is 6.18 Å². The van der Waals surface area contributed by atoms with Gasteiger partial charge in [0, 0.05) is 18.7 Å². The van der Waals surface area contributed by atoms with Crippen LogP contribution < -0.4 is 5.73 Å². The molecule has 18 heavy (non-hydrogen) atoms.